The van der Waals surface area contributed by atoms with Crippen molar-refractivity contribution in [3.05, 3.63) is 36.2 Å². The summed E-state index contributed by atoms with van der Waals surface area (Å²) in [6.07, 6.45) is 7.93. The van der Waals surface area contributed by atoms with E-state index in [0.29, 0.717) is 23.6 Å². The molecule has 0 spiro atoms. The van der Waals surface area contributed by atoms with Crippen LogP contribution in [0.15, 0.2) is 30.6 Å². The molecule has 182 valence electrons. The Hall–Kier alpha value is -3.71. The van der Waals surface area contributed by atoms with Gasteiger partial charge in [-0.05, 0) is 43.9 Å². The summed E-state index contributed by atoms with van der Waals surface area (Å²) >= 11 is 0. The molecule has 0 unspecified atom stereocenters. The molecular formula is C25H31N9O. The maximum Gasteiger partial charge on any atom is 0.229 e. The number of anilines is 3. The highest BCUT2D eigenvalue weighted by Gasteiger charge is 2.29. The summed E-state index contributed by atoms with van der Waals surface area (Å²) in [5, 5.41) is 21.3. The second-order valence-electron chi connectivity index (χ2n) is 9.46. The zero-order chi connectivity index (χ0) is 24.4. The Kier molecular flexibility index (Phi) is 6.51. The minimum atomic E-state index is 0.173. The highest BCUT2D eigenvalue weighted by atomic mass is 16.2. The number of carbonyl (C=O) groups is 1. The van der Waals surface area contributed by atoms with E-state index in [-0.39, 0.29) is 5.91 Å². The van der Waals surface area contributed by atoms with Gasteiger partial charge in [0.15, 0.2) is 0 Å². The molecule has 10 nitrogen and oxygen atoms in total. The fourth-order valence-corrected chi connectivity index (χ4v) is 5.16. The first-order chi connectivity index (χ1) is 17.0. The Morgan fingerprint density at radius 3 is 2.54 bits per heavy atom. The Labute approximate surface area is 204 Å². The van der Waals surface area contributed by atoms with E-state index in [1.165, 1.54) is 0 Å². The maximum atomic E-state index is 11.6. The molecule has 2 aromatic heterocycles. The van der Waals surface area contributed by atoms with Crippen molar-refractivity contribution in [2.24, 2.45) is 7.05 Å². The number of rotatable bonds is 5. The fourth-order valence-electron chi connectivity index (χ4n) is 5.16. The summed E-state index contributed by atoms with van der Waals surface area (Å²) in [5.74, 6) is 1.42. The molecule has 2 fully saturated rings. The van der Waals surface area contributed by atoms with Crippen LogP contribution in [0.3, 0.4) is 0 Å². The number of benzene rings is 1. The van der Waals surface area contributed by atoms with E-state index in [1.54, 1.807) is 23.9 Å². The molecule has 1 aliphatic heterocycles. The summed E-state index contributed by atoms with van der Waals surface area (Å²) in [7, 11) is 1.86. The second-order valence-corrected chi connectivity index (χ2v) is 9.46. The predicted molar refractivity (Wildman–Crippen MR) is 134 cm³/mol. The smallest absolute Gasteiger partial charge is 0.229 e. The van der Waals surface area contributed by atoms with Crippen molar-refractivity contribution in [3.8, 4) is 6.07 Å². The lowest BCUT2D eigenvalue weighted by atomic mass is 9.89. The number of hydrogen-bond acceptors (Lipinski definition) is 8. The predicted octanol–water partition coefficient (Wildman–Crippen LogP) is 2.87. The van der Waals surface area contributed by atoms with Crippen molar-refractivity contribution in [3.63, 3.8) is 0 Å². The zero-order valence-corrected chi connectivity index (χ0v) is 20.2. The molecule has 1 saturated carbocycles. The molecule has 10 heteroatoms. The van der Waals surface area contributed by atoms with Crippen molar-refractivity contribution in [1.82, 2.24) is 29.5 Å². The van der Waals surface area contributed by atoms with Crippen LogP contribution < -0.4 is 10.6 Å². The van der Waals surface area contributed by atoms with E-state index >= 15 is 0 Å². The van der Waals surface area contributed by atoms with Gasteiger partial charge in [-0.25, -0.2) is 4.98 Å². The standard InChI is InChI=1S/C25H31N9O/c1-17(35)33-9-11-34(12-10-33)21-6-4-19(5-7-21)28-24-22-13-18(14-26)3-8-23(22)30-25(31-24)29-20-15-27-32(2)16-20/h3,8,13,15-16,19,21H,4-7,9-12H2,1-2H3,(H2,28,29,30,31). The van der Waals surface area contributed by atoms with Gasteiger partial charge in [0.05, 0.1) is 29.0 Å². The van der Waals surface area contributed by atoms with Crippen LogP contribution >= 0.6 is 0 Å². The molecule has 35 heavy (non-hydrogen) atoms. The van der Waals surface area contributed by atoms with Crippen molar-refractivity contribution >= 4 is 34.3 Å². The van der Waals surface area contributed by atoms with E-state index in [1.807, 2.05) is 30.3 Å². The molecule has 1 amide bonds. The number of nitrogens with zero attached hydrogens (tertiary/aromatic N) is 7. The summed E-state index contributed by atoms with van der Waals surface area (Å²) in [4.78, 5) is 25.5. The summed E-state index contributed by atoms with van der Waals surface area (Å²) in [6, 6.07) is 8.59. The lowest BCUT2D eigenvalue weighted by Gasteiger charge is -2.42. The maximum absolute atomic E-state index is 11.6. The average Bonchev–Trinajstić information content (AvgIpc) is 3.28. The van der Waals surface area contributed by atoms with Gasteiger partial charge in [0, 0.05) is 63.8 Å². The van der Waals surface area contributed by atoms with E-state index in [0.717, 1.165) is 74.3 Å². The summed E-state index contributed by atoms with van der Waals surface area (Å²) < 4.78 is 1.72. The normalized spacial score (nSPS) is 21.0. The lowest BCUT2D eigenvalue weighted by Crippen LogP contribution is -2.52. The van der Waals surface area contributed by atoms with Gasteiger partial charge in [-0.2, -0.15) is 15.3 Å². The number of piperazine rings is 1. The third-order valence-corrected chi connectivity index (χ3v) is 7.10. The minimum Gasteiger partial charge on any atom is -0.367 e. The molecule has 2 aliphatic rings. The Balaban J connectivity index is 1.29. The number of fused-ring (bicyclic) bond motifs is 1. The van der Waals surface area contributed by atoms with Crippen molar-refractivity contribution in [2.75, 3.05) is 36.8 Å². The first-order valence-electron chi connectivity index (χ1n) is 12.2. The van der Waals surface area contributed by atoms with Crippen LogP contribution in [0.1, 0.15) is 38.2 Å². The van der Waals surface area contributed by atoms with Crippen molar-refractivity contribution in [1.29, 1.82) is 5.26 Å². The molecule has 2 N–H and O–H groups in total. The Bertz CT molecular complexity index is 1250. The molecular weight excluding hydrogens is 442 g/mol. The van der Waals surface area contributed by atoms with Crippen LogP contribution in [0.2, 0.25) is 0 Å². The van der Waals surface area contributed by atoms with E-state index in [4.69, 9.17) is 4.98 Å². The number of hydrogen-bond donors (Lipinski definition) is 2. The van der Waals surface area contributed by atoms with Gasteiger partial charge in [0.1, 0.15) is 5.82 Å². The van der Waals surface area contributed by atoms with Gasteiger partial charge in [-0.15, -0.1) is 0 Å². The number of nitriles is 1. The van der Waals surface area contributed by atoms with Gasteiger partial charge in [0.2, 0.25) is 11.9 Å². The second kappa shape index (κ2) is 9.88. The average molecular weight is 474 g/mol. The molecule has 0 bridgehead atoms. The van der Waals surface area contributed by atoms with Gasteiger partial charge < -0.3 is 15.5 Å². The molecule has 0 atom stereocenters. The fraction of sp³-hybridized carbons (Fsp3) is 0.480. The SMILES string of the molecule is CC(=O)N1CCN(C2CCC(Nc3nc(Nc4cnn(C)c4)nc4ccc(C#N)cc34)CC2)CC1. The molecule has 3 heterocycles. The third-order valence-electron chi connectivity index (χ3n) is 7.10. The van der Waals surface area contributed by atoms with E-state index < -0.39 is 0 Å². The van der Waals surface area contributed by atoms with E-state index in [9.17, 15) is 10.1 Å². The number of aryl methyl sites for hydroxylation is 1. The monoisotopic (exact) mass is 473 g/mol. The third kappa shape index (κ3) is 5.20. The minimum absolute atomic E-state index is 0.173. The summed E-state index contributed by atoms with van der Waals surface area (Å²) in [5.41, 5.74) is 2.19. The highest BCUT2D eigenvalue weighted by molar-refractivity contribution is 5.91. The highest BCUT2D eigenvalue weighted by Crippen LogP contribution is 2.30. The zero-order valence-electron chi connectivity index (χ0n) is 20.2. The topological polar surface area (TPSA) is 115 Å². The first-order valence-corrected chi connectivity index (χ1v) is 12.2. The van der Waals surface area contributed by atoms with Crippen LogP contribution in [-0.2, 0) is 11.8 Å². The molecule has 3 aromatic rings. The van der Waals surface area contributed by atoms with Crippen LogP contribution in [0.5, 0.6) is 0 Å². The number of aromatic nitrogens is 4. The quantitative estimate of drug-likeness (QED) is 0.581. The Morgan fingerprint density at radius 2 is 1.89 bits per heavy atom. The largest absolute Gasteiger partial charge is 0.367 e. The molecule has 1 aliphatic carbocycles. The van der Waals surface area contributed by atoms with Gasteiger partial charge >= 0.3 is 0 Å². The number of amides is 1. The van der Waals surface area contributed by atoms with Crippen LogP contribution in [-0.4, -0.2) is 73.7 Å². The van der Waals surface area contributed by atoms with Crippen LogP contribution in [0.25, 0.3) is 10.9 Å². The molecule has 5 rings (SSSR count). The van der Waals surface area contributed by atoms with Gasteiger partial charge in [0.25, 0.3) is 0 Å². The Morgan fingerprint density at radius 1 is 1.11 bits per heavy atom. The van der Waals surface area contributed by atoms with Crippen LogP contribution in [0.4, 0.5) is 17.5 Å². The van der Waals surface area contributed by atoms with Crippen molar-refractivity contribution < 1.29 is 4.79 Å². The number of nitrogens with one attached hydrogen (secondary N) is 2. The summed E-state index contributed by atoms with van der Waals surface area (Å²) in [6.45, 7) is 5.22. The van der Waals surface area contributed by atoms with E-state index in [2.05, 4.69) is 31.7 Å². The van der Waals surface area contributed by atoms with Crippen molar-refractivity contribution in [2.45, 2.75) is 44.7 Å². The van der Waals surface area contributed by atoms with Gasteiger partial charge in [-0.1, -0.05) is 0 Å². The first kappa shape index (κ1) is 23.1. The molecule has 1 saturated heterocycles. The number of carbonyl (C=O) groups excluding carboxylic acids is 1. The molecule has 0 radical (unpaired) electrons. The van der Waals surface area contributed by atoms with Gasteiger partial charge in [-0.3, -0.25) is 14.4 Å². The molecule has 1 aromatic carbocycles. The lowest BCUT2D eigenvalue weighted by molar-refractivity contribution is -0.131. The van der Waals surface area contributed by atoms with Crippen LogP contribution in [0, 0.1) is 11.3 Å².